The van der Waals surface area contributed by atoms with Crippen molar-refractivity contribution in [2.45, 2.75) is 19.8 Å². The number of carbonyl (C=O) groups is 2. The third-order valence-electron chi connectivity index (χ3n) is 3.86. The van der Waals surface area contributed by atoms with Gasteiger partial charge in [-0.05, 0) is 19.4 Å². The predicted octanol–water partition coefficient (Wildman–Crippen LogP) is 0.469. The number of hydrogen-bond donors (Lipinski definition) is 2. The molecule has 7 heteroatoms. The van der Waals surface area contributed by atoms with Gasteiger partial charge >= 0.3 is 12.0 Å². The second-order valence-electron chi connectivity index (χ2n) is 5.47. The van der Waals surface area contributed by atoms with Gasteiger partial charge in [0.2, 0.25) is 0 Å². The summed E-state index contributed by atoms with van der Waals surface area (Å²) in [6.07, 6.45) is 2.92. The summed E-state index contributed by atoms with van der Waals surface area (Å²) < 4.78 is 1.77. The molecular weight excluding hydrogens is 260 g/mol. The molecule has 1 fully saturated rings. The highest BCUT2D eigenvalue weighted by Gasteiger charge is 2.42. The average Bonchev–Trinajstić information content (AvgIpc) is 2.97. The normalized spacial score (nSPS) is 22.0. The summed E-state index contributed by atoms with van der Waals surface area (Å²) in [5.74, 6) is -0.845. The average molecular weight is 280 g/mol. The van der Waals surface area contributed by atoms with Gasteiger partial charge in [-0.2, -0.15) is 5.10 Å². The first kappa shape index (κ1) is 14.4. The Labute approximate surface area is 117 Å². The fourth-order valence-electron chi connectivity index (χ4n) is 2.36. The fourth-order valence-corrected chi connectivity index (χ4v) is 2.36. The Morgan fingerprint density at radius 3 is 2.85 bits per heavy atom. The molecule has 0 aliphatic carbocycles. The highest BCUT2D eigenvalue weighted by atomic mass is 16.4. The van der Waals surface area contributed by atoms with E-state index in [9.17, 15) is 9.59 Å². The Hall–Kier alpha value is -2.05. The first-order valence-electron chi connectivity index (χ1n) is 6.65. The van der Waals surface area contributed by atoms with E-state index in [-0.39, 0.29) is 12.6 Å². The summed E-state index contributed by atoms with van der Waals surface area (Å²) in [6.45, 7) is 2.94. The lowest BCUT2D eigenvalue weighted by molar-refractivity contribution is -0.146. The van der Waals surface area contributed by atoms with Gasteiger partial charge in [-0.1, -0.05) is 0 Å². The van der Waals surface area contributed by atoms with E-state index in [0.29, 0.717) is 25.9 Å². The molecule has 1 atom stereocenters. The molecule has 20 heavy (non-hydrogen) atoms. The fraction of sp³-hybridized carbons (Fsp3) is 0.615. The maximum atomic E-state index is 12.0. The van der Waals surface area contributed by atoms with Gasteiger partial charge in [0.05, 0.1) is 5.41 Å². The van der Waals surface area contributed by atoms with Gasteiger partial charge in [0, 0.05) is 45.0 Å². The molecule has 0 saturated carbocycles. The number of nitrogens with one attached hydrogen (secondary N) is 1. The third kappa shape index (κ3) is 2.92. The molecule has 2 rings (SSSR count). The molecular formula is C13H20N4O3. The van der Waals surface area contributed by atoms with Crippen LogP contribution < -0.4 is 5.32 Å². The largest absolute Gasteiger partial charge is 0.481 e. The van der Waals surface area contributed by atoms with Crippen LogP contribution in [-0.2, 0) is 18.3 Å². The Morgan fingerprint density at radius 1 is 1.55 bits per heavy atom. The zero-order chi connectivity index (χ0) is 14.8. The summed E-state index contributed by atoms with van der Waals surface area (Å²) in [4.78, 5) is 24.7. The van der Waals surface area contributed by atoms with Crippen LogP contribution in [0.3, 0.4) is 0 Å². The van der Waals surface area contributed by atoms with E-state index in [2.05, 4.69) is 10.4 Å². The van der Waals surface area contributed by atoms with E-state index in [1.54, 1.807) is 22.7 Å². The van der Waals surface area contributed by atoms with Crippen molar-refractivity contribution in [2.75, 3.05) is 19.6 Å². The first-order chi connectivity index (χ1) is 9.42. The van der Waals surface area contributed by atoms with Crippen LogP contribution in [0.15, 0.2) is 12.3 Å². The van der Waals surface area contributed by atoms with Gasteiger partial charge in [0.1, 0.15) is 0 Å². The molecule has 1 saturated heterocycles. The van der Waals surface area contributed by atoms with Crippen LogP contribution in [0, 0.1) is 5.41 Å². The molecule has 1 aliphatic rings. The van der Waals surface area contributed by atoms with Crippen LogP contribution in [0.1, 0.15) is 19.0 Å². The quantitative estimate of drug-likeness (QED) is 0.839. The second-order valence-corrected chi connectivity index (χ2v) is 5.47. The van der Waals surface area contributed by atoms with Gasteiger partial charge in [0.25, 0.3) is 0 Å². The SMILES string of the molecule is Cn1nccc1CCNC(=O)N1CCC(C)(C(=O)O)C1. The highest BCUT2D eigenvalue weighted by Crippen LogP contribution is 2.29. The van der Waals surface area contributed by atoms with Gasteiger partial charge in [-0.3, -0.25) is 9.48 Å². The number of amides is 2. The number of hydrogen-bond acceptors (Lipinski definition) is 3. The summed E-state index contributed by atoms with van der Waals surface area (Å²) in [6, 6.07) is 1.71. The van der Waals surface area contributed by atoms with Crippen molar-refractivity contribution in [1.29, 1.82) is 0 Å². The highest BCUT2D eigenvalue weighted by molar-refractivity contribution is 5.79. The van der Waals surface area contributed by atoms with Crippen molar-refractivity contribution in [3.05, 3.63) is 18.0 Å². The number of aryl methyl sites for hydroxylation is 1. The minimum Gasteiger partial charge on any atom is -0.481 e. The number of aliphatic carboxylic acids is 1. The molecule has 0 radical (unpaired) electrons. The zero-order valence-corrected chi connectivity index (χ0v) is 11.8. The minimum atomic E-state index is -0.845. The molecule has 2 amide bonds. The van der Waals surface area contributed by atoms with E-state index < -0.39 is 11.4 Å². The maximum Gasteiger partial charge on any atom is 0.317 e. The molecule has 0 spiro atoms. The topological polar surface area (TPSA) is 87.5 Å². The third-order valence-corrected chi connectivity index (χ3v) is 3.86. The van der Waals surface area contributed by atoms with Crippen molar-refractivity contribution in [3.63, 3.8) is 0 Å². The standard InChI is InChI=1S/C13H20N4O3/c1-13(11(18)19)5-8-17(9-13)12(20)14-6-3-10-4-7-15-16(10)2/h4,7H,3,5-6,8-9H2,1-2H3,(H,14,20)(H,18,19). The van der Waals surface area contributed by atoms with Gasteiger partial charge in [-0.15, -0.1) is 0 Å². The number of carboxylic acid groups (broad SMARTS) is 1. The van der Waals surface area contributed by atoms with Crippen LogP contribution >= 0.6 is 0 Å². The van der Waals surface area contributed by atoms with Crippen LogP contribution in [0.4, 0.5) is 4.79 Å². The summed E-state index contributed by atoms with van der Waals surface area (Å²) in [5, 5.41) is 16.0. The molecule has 1 unspecified atom stereocenters. The van der Waals surface area contributed by atoms with Crippen LogP contribution in [0.5, 0.6) is 0 Å². The number of carboxylic acids is 1. The monoisotopic (exact) mass is 280 g/mol. The molecule has 2 N–H and O–H groups in total. The van der Waals surface area contributed by atoms with E-state index in [1.807, 2.05) is 13.1 Å². The van der Waals surface area contributed by atoms with Gasteiger partial charge in [0.15, 0.2) is 0 Å². The minimum absolute atomic E-state index is 0.197. The zero-order valence-electron chi connectivity index (χ0n) is 11.8. The molecule has 0 bridgehead atoms. The van der Waals surface area contributed by atoms with Crippen molar-refractivity contribution < 1.29 is 14.7 Å². The van der Waals surface area contributed by atoms with E-state index in [0.717, 1.165) is 5.69 Å². The Kier molecular flexibility index (Phi) is 3.96. The molecule has 2 heterocycles. The maximum absolute atomic E-state index is 12.0. The molecule has 1 aliphatic heterocycles. The number of aromatic nitrogens is 2. The van der Waals surface area contributed by atoms with Crippen molar-refractivity contribution in [1.82, 2.24) is 20.0 Å². The van der Waals surface area contributed by atoms with Crippen LogP contribution in [0.25, 0.3) is 0 Å². The predicted molar refractivity (Wildman–Crippen MR) is 72.2 cm³/mol. The number of nitrogens with zero attached hydrogens (tertiary/aromatic N) is 3. The number of carbonyl (C=O) groups excluding carboxylic acids is 1. The van der Waals surface area contributed by atoms with E-state index in [1.165, 1.54) is 0 Å². The molecule has 1 aromatic heterocycles. The lowest BCUT2D eigenvalue weighted by Gasteiger charge is -2.20. The van der Waals surface area contributed by atoms with E-state index in [4.69, 9.17) is 5.11 Å². The van der Waals surface area contributed by atoms with Crippen LogP contribution in [0.2, 0.25) is 0 Å². The Morgan fingerprint density at radius 2 is 2.30 bits per heavy atom. The number of urea groups is 1. The second kappa shape index (κ2) is 5.52. The molecule has 0 aromatic carbocycles. The Balaban J connectivity index is 1.79. The summed E-state index contributed by atoms with van der Waals surface area (Å²) in [7, 11) is 1.86. The Bertz CT molecular complexity index is 513. The van der Waals surface area contributed by atoms with Crippen molar-refractivity contribution >= 4 is 12.0 Å². The van der Waals surface area contributed by atoms with Gasteiger partial charge in [-0.25, -0.2) is 4.79 Å². The summed E-state index contributed by atoms with van der Waals surface area (Å²) in [5.41, 5.74) is 0.224. The summed E-state index contributed by atoms with van der Waals surface area (Å²) >= 11 is 0. The first-order valence-corrected chi connectivity index (χ1v) is 6.65. The number of likely N-dealkylation sites (tertiary alicyclic amines) is 1. The van der Waals surface area contributed by atoms with Crippen molar-refractivity contribution in [3.8, 4) is 0 Å². The lowest BCUT2D eigenvalue weighted by atomic mass is 9.90. The van der Waals surface area contributed by atoms with Crippen molar-refractivity contribution in [2.24, 2.45) is 12.5 Å². The van der Waals surface area contributed by atoms with E-state index >= 15 is 0 Å². The van der Waals surface area contributed by atoms with Crippen LogP contribution in [-0.4, -0.2) is 51.4 Å². The lowest BCUT2D eigenvalue weighted by Crippen LogP contribution is -2.41. The molecule has 1 aromatic rings. The smallest absolute Gasteiger partial charge is 0.317 e. The molecule has 110 valence electrons. The number of rotatable bonds is 4. The van der Waals surface area contributed by atoms with Gasteiger partial charge < -0.3 is 15.3 Å². The molecule has 7 nitrogen and oxygen atoms in total.